The normalized spacial score (nSPS) is 8.86. The Morgan fingerprint density at radius 1 is 1.50 bits per heavy atom. The molecular weight excluding hydrogens is 344 g/mol. The third-order valence-electron chi connectivity index (χ3n) is 1.17. The fourth-order valence-corrected chi connectivity index (χ4v) is 0.681. The summed E-state index contributed by atoms with van der Waals surface area (Å²) < 4.78 is 0. The monoisotopic (exact) mass is 360 g/mol. The number of aliphatic imine (C=N–C) groups is 1. The fraction of sp³-hybridized carbons (Fsp3) is 0.455. The standard InChI is InChI=1S/C9H10N2.C2H6.W/c1-3-5-10-9-7-8(2)4-6-11-9;1-2;/h4,6H,3H2,1-2H3;1-2H3;/q-2;;+2. The van der Waals surface area contributed by atoms with Gasteiger partial charge in [-0.15, -0.1) is 5.82 Å². The van der Waals surface area contributed by atoms with E-state index in [9.17, 15) is 0 Å². The van der Waals surface area contributed by atoms with Gasteiger partial charge in [-0.25, -0.2) is 5.56 Å². The first-order chi connectivity index (χ1) is 6.33. The molecule has 1 rings (SSSR count). The van der Waals surface area contributed by atoms with Gasteiger partial charge in [0.2, 0.25) is 0 Å². The van der Waals surface area contributed by atoms with Crippen LogP contribution in [0.4, 0.5) is 5.82 Å². The van der Waals surface area contributed by atoms with E-state index < -0.39 is 0 Å². The number of rotatable bonds is 2. The number of aryl methyl sites for hydroxylation is 1. The predicted molar refractivity (Wildman–Crippen MR) is 56.5 cm³/mol. The SMILES string of the molecule is CC.CC[C-]=Nc1[c-]c(C)ccn1.[W+2]. The van der Waals surface area contributed by atoms with Crippen molar-refractivity contribution >= 4 is 12.0 Å². The maximum Gasteiger partial charge on any atom is 2.00 e. The van der Waals surface area contributed by atoms with Crippen molar-refractivity contribution in [3.8, 4) is 0 Å². The Balaban J connectivity index is 0. The molecule has 0 aromatic carbocycles. The van der Waals surface area contributed by atoms with Gasteiger partial charge in [0, 0.05) is 0 Å². The average Bonchev–Trinajstić information content (AvgIpc) is 2.18. The Morgan fingerprint density at radius 2 is 2.14 bits per heavy atom. The van der Waals surface area contributed by atoms with Crippen LogP contribution < -0.4 is 0 Å². The molecule has 1 aromatic rings. The molecule has 2 nitrogen and oxygen atoms in total. The first-order valence-electron chi connectivity index (χ1n) is 4.61. The number of hydrogen-bond acceptors (Lipinski definition) is 2. The van der Waals surface area contributed by atoms with E-state index in [4.69, 9.17) is 0 Å². The molecule has 0 bridgehead atoms. The largest absolute Gasteiger partial charge is 2.00 e. The van der Waals surface area contributed by atoms with Crippen LogP contribution in [0.15, 0.2) is 17.3 Å². The van der Waals surface area contributed by atoms with E-state index in [2.05, 4.69) is 22.3 Å². The first kappa shape index (κ1) is 16.0. The fourth-order valence-electron chi connectivity index (χ4n) is 0.681. The van der Waals surface area contributed by atoms with Gasteiger partial charge in [-0.05, 0) is 0 Å². The molecule has 0 saturated heterocycles. The summed E-state index contributed by atoms with van der Waals surface area (Å²) in [6.45, 7) is 7.95. The number of aromatic nitrogens is 1. The van der Waals surface area contributed by atoms with Crippen LogP contribution in [-0.4, -0.2) is 11.2 Å². The Morgan fingerprint density at radius 3 is 2.64 bits per heavy atom. The molecule has 3 heteroatoms. The van der Waals surface area contributed by atoms with Crippen molar-refractivity contribution in [1.29, 1.82) is 0 Å². The van der Waals surface area contributed by atoms with E-state index >= 15 is 0 Å². The number of nitrogens with zero attached hydrogens (tertiary/aromatic N) is 2. The van der Waals surface area contributed by atoms with Crippen molar-refractivity contribution in [3.05, 3.63) is 23.9 Å². The molecule has 0 fully saturated rings. The van der Waals surface area contributed by atoms with Crippen LogP contribution in [-0.2, 0) is 21.1 Å². The quantitative estimate of drug-likeness (QED) is 0.588. The molecular formula is C11H16N2W. The topological polar surface area (TPSA) is 25.2 Å². The van der Waals surface area contributed by atoms with Crippen molar-refractivity contribution in [3.63, 3.8) is 0 Å². The third-order valence-corrected chi connectivity index (χ3v) is 1.17. The summed E-state index contributed by atoms with van der Waals surface area (Å²) in [5.74, 6) is 0.617. The van der Waals surface area contributed by atoms with Gasteiger partial charge in [-0.3, -0.25) is 0 Å². The van der Waals surface area contributed by atoms with Crippen molar-refractivity contribution < 1.29 is 21.1 Å². The van der Waals surface area contributed by atoms with Gasteiger partial charge in [0.1, 0.15) is 0 Å². The van der Waals surface area contributed by atoms with Gasteiger partial charge in [0.05, 0.1) is 0 Å². The van der Waals surface area contributed by atoms with Crippen LogP contribution >= 0.6 is 0 Å². The van der Waals surface area contributed by atoms with Crippen molar-refractivity contribution in [2.24, 2.45) is 4.99 Å². The summed E-state index contributed by atoms with van der Waals surface area (Å²) in [7, 11) is 0. The average molecular weight is 360 g/mol. The zero-order valence-electron chi connectivity index (χ0n) is 9.16. The van der Waals surface area contributed by atoms with Gasteiger partial charge in [-0.2, -0.15) is 12.3 Å². The zero-order chi connectivity index (χ0) is 10.1. The Kier molecular flexibility index (Phi) is 12.1. The molecule has 0 aliphatic rings. The smallest absolute Gasteiger partial charge is 0.457 e. The molecule has 0 amide bonds. The Hall–Kier alpha value is -0.492. The maximum atomic E-state index is 3.99. The molecule has 0 aliphatic heterocycles. The molecule has 0 saturated carbocycles. The Labute approximate surface area is 101 Å². The van der Waals surface area contributed by atoms with Crippen molar-refractivity contribution in [1.82, 2.24) is 4.98 Å². The molecule has 0 aliphatic carbocycles. The van der Waals surface area contributed by atoms with E-state index in [0.29, 0.717) is 5.82 Å². The summed E-state index contributed by atoms with van der Waals surface area (Å²) >= 11 is 0. The third kappa shape index (κ3) is 6.96. The van der Waals surface area contributed by atoms with E-state index in [0.717, 1.165) is 12.0 Å². The molecule has 0 unspecified atom stereocenters. The van der Waals surface area contributed by atoms with Gasteiger partial charge >= 0.3 is 21.1 Å². The molecule has 0 N–H and O–H groups in total. The van der Waals surface area contributed by atoms with Crippen molar-refractivity contribution in [2.45, 2.75) is 34.1 Å². The minimum atomic E-state index is 0. The second kappa shape index (κ2) is 10.6. The number of hydrogen-bond donors (Lipinski definition) is 0. The Bertz CT molecular complexity index is 259. The molecule has 0 radical (unpaired) electrons. The summed E-state index contributed by atoms with van der Waals surface area (Å²) in [6, 6.07) is 4.90. The van der Waals surface area contributed by atoms with Crippen LogP contribution in [0, 0.1) is 13.0 Å². The summed E-state index contributed by atoms with van der Waals surface area (Å²) in [5, 5.41) is 0. The summed E-state index contributed by atoms with van der Waals surface area (Å²) in [5.41, 5.74) is 1.05. The van der Waals surface area contributed by atoms with Gasteiger partial charge in [0.15, 0.2) is 0 Å². The molecule has 0 atom stereocenters. The second-order valence-corrected chi connectivity index (χ2v) is 2.20. The minimum absolute atomic E-state index is 0. The zero-order valence-corrected chi connectivity index (χ0v) is 12.1. The van der Waals surface area contributed by atoms with E-state index in [1.807, 2.05) is 33.8 Å². The van der Waals surface area contributed by atoms with Crippen LogP contribution in [0.3, 0.4) is 0 Å². The second-order valence-electron chi connectivity index (χ2n) is 2.20. The molecule has 0 spiro atoms. The summed E-state index contributed by atoms with van der Waals surface area (Å²) in [6.07, 6.45) is 5.36. The number of pyridine rings is 1. The van der Waals surface area contributed by atoms with Gasteiger partial charge in [-0.1, -0.05) is 40.3 Å². The summed E-state index contributed by atoms with van der Waals surface area (Å²) in [4.78, 5) is 7.96. The van der Waals surface area contributed by atoms with Crippen LogP contribution in [0.2, 0.25) is 0 Å². The van der Waals surface area contributed by atoms with E-state index in [1.165, 1.54) is 0 Å². The van der Waals surface area contributed by atoms with Gasteiger partial charge < -0.3 is 16.0 Å². The van der Waals surface area contributed by atoms with E-state index in [1.54, 1.807) is 6.20 Å². The molecule has 1 aromatic heterocycles. The van der Waals surface area contributed by atoms with Gasteiger partial charge in [0.25, 0.3) is 0 Å². The van der Waals surface area contributed by atoms with Crippen LogP contribution in [0.5, 0.6) is 0 Å². The predicted octanol–water partition coefficient (Wildman–Crippen LogP) is 3.20. The van der Waals surface area contributed by atoms with Crippen LogP contribution in [0.1, 0.15) is 32.8 Å². The maximum absolute atomic E-state index is 3.99. The molecule has 1 heterocycles. The van der Waals surface area contributed by atoms with Crippen LogP contribution in [0.25, 0.3) is 0 Å². The first-order valence-corrected chi connectivity index (χ1v) is 4.61. The molecule has 14 heavy (non-hydrogen) atoms. The minimum Gasteiger partial charge on any atom is -0.457 e. The van der Waals surface area contributed by atoms with Crippen molar-refractivity contribution in [2.75, 3.05) is 0 Å². The van der Waals surface area contributed by atoms with E-state index in [-0.39, 0.29) is 21.1 Å². The molecule has 76 valence electrons.